The SMILES string of the molecule is Cn1nc2c(c1C#N)CC[C@H]1C(C)(C)C(=O)C(C#N)=C[C@]21C. The molecular weight excluding hydrogens is 276 g/mol. The number of hydrogen-bond donors (Lipinski definition) is 0. The standard InChI is InChI=1S/C17H18N4O/c1-16(2)13-6-5-11-12(9-19)21(4)20-14(11)17(13,3)7-10(8-18)15(16)22/h7,13H,5-6H2,1-4H3/t13-,17-/m0/s1. The number of rotatable bonds is 0. The molecule has 1 heterocycles. The second-order valence-corrected chi connectivity index (χ2v) is 7.01. The van der Waals surface area contributed by atoms with Gasteiger partial charge >= 0.3 is 0 Å². The minimum atomic E-state index is -0.601. The Bertz CT molecular complexity index is 800. The molecule has 22 heavy (non-hydrogen) atoms. The van der Waals surface area contributed by atoms with Crippen LogP contribution in [-0.2, 0) is 23.7 Å². The van der Waals surface area contributed by atoms with Crippen molar-refractivity contribution in [3.8, 4) is 12.1 Å². The highest BCUT2D eigenvalue weighted by molar-refractivity contribution is 6.04. The van der Waals surface area contributed by atoms with Gasteiger partial charge in [0.25, 0.3) is 0 Å². The fourth-order valence-corrected chi connectivity index (χ4v) is 4.36. The summed E-state index contributed by atoms with van der Waals surface area (Å²) >= 11 is 0. The summed E-state index contributed by atoms with van der Waals surface area (Å²) in [5, 5.41) is 23.3. The monoisotopic (exact) mass is 294 g/mol. The molecular formula is C17H18N4O. The van der Waals surface area contributed by atoms with Crippen LogP contribution in [0.3, 0.4) is 0 Å². The Morgan fingerprint density at radius 2 is 2.00 bits per heavy atom. The van der Waals surface area contributed by atoms with Crippen LogP contribution < -0.4 is 0 Å². The van der Waals surface area contributed by atoms with Crippen molar-refractivity contribution in [1.82, 2.24) is 9.78 Å². The predicted molar refractivity (Wildman–Crippen MR) is 79.6 cm³/mol. The van der Waals surface area contributed by atoms with Crippen LogP contribution in [0.4, 0.5) is 0 Å². The van der Waals surface area contributed by atoms with E-state index in [9.17, 15) is 15.3 Å². The first kappa shape index (κ1) is 14.5. The van der Waals surface area contributed by atoms with Crippen molar-refractivity contribution in [3.63, 3.8) is 0 Å². The lowest BCUT2D eigenvalue weighted by atomic mass is 9.52. The van der Waals surface area contributed by atoms with Crippen LogP contribution in [0.5, 0.6) is 0 Å². The van der Waals surface area contributed by atoms with Crippen molar-refractivity contribution in [2.45, 2.75) is 39.0 Å². The van der Waals surface area contributed by atoms with Crippen LogP contribution in [0.2, 0.25) is 0 Å². The number of carbonyl (C=O) groups is 1. The molecule has 5 heteroatoms. The summed E-state index contributed by atoms with van der Waals surface area (Å²) in [5.74, 6) is -0.00379. The molecule has 1 aromatic heterocycles. The smallest absolute Gasteiger partial charge is 0.178 e. The summed E-state index contributed by atoms with van der Waals surface area (Å²) in [7, 11) is 1.77. The lowest BCUT2D eigenvalue weighted by Gasteiger charge is -2.49. The van der Waals surface area contributed by atoms with Crippen molar-refractivity contribution in [3.05, 3.63) is 28.6 Å². The Kier molecular flexibility index (Phi) is 2.84. The number of allylic oxidation sites excluding steroid dienone is 2. The van der Waals surface area contributed by atoms with Crippen molar-refractivity contribution in [1.29, 1.82) is 10.5 Å². The van der Waals surface area contributed by atoms with Crippen molar-refractivity contribution in [2.24, 2.45) is 18.4 Å². The molecule has 0 amide bonds. The van der Waals surface area contributed by atoms with Gasteiger partial charge in [-0.05, 0) is 18.8 Å². The molecule has 2 aliphatic carbocycles. The molecule has 0 radical (unpaired) electrons. The molecule has 0 aliphatic heterocycles. The Labute approximate surface area is 129 Å². The van der Waals surface area contributed by atoms with Gasteiger partial charge in [0.05, 0.1) is 11.3 Å². The van der Waals surface area contributed by atoms with E-state index in [0.29, 0.717) is 5.69 Å². The highest BCUT2D eigenvalue weighted by atomic mass is 16.1. The predicted octanol–water partition coefficient (Wildman–Crippen LogP) is 2.17. The second kappa shape index (κ2) is 4.30. The molecule has 0 saturated heterocycles. The van der Waals surface area contributed by atoms with E-state index >= 15 is 0 Å². The number of nitriles is 2. The number of hydrogen-bond acceptors (Lipinski definition) is 4. The molecule has 0 bridgehead atoms. The van der Waals surface area contributed by atoms with Gasteiger partial charge in [-0.2, -0.15) is 15.6 Å². The Morgan fingerprint density at radius 3 is 2.59 bits per heavy atom. The quantitative estimate of drug-likeness (QED) is 0.734. The number of nitrogens with zero attached hydrogens (tertiary/aromatic N) is 4. The van der Waals surface area contributed by atoms with Crippen LogP contribution in [0.25, 0.3) is 0 Å². The van der Waals surface area contributed by atoms with E-state index in [4.69, 9.17) is 0 Å². The van der Waals surface area contributed by atoms with E-state index in [2.05, 4.69) is 11.2 Å². The van der Waals surface area contributed by atoms with Gasteiger partial charge in [-0.1, -0.05) is 26.8 Å². The summed E-state index contributed by atoms with van der Waals surface area (Å²) in [4.78, 5) is 12.5. The van der Waals surface area contributed by atoms with E-state index in [0.717, 1.165) is 24.1 Å². The number of carbonyl (C=O) groups excluding carboxylic acids is 1. The Morgan fingerprint density at radius 1 is 1.32 bits per heavy atom. The number of fused-ring (bicyclic) bond motifs is 3. The fourth-order valence-electron chi connectivity index (χ4n) is 4.36. The van der Waals surface area contributed by atoms with Gasteiger partial charge in [-0.15, -0.1) is 0 Å². The van der Waals surface area contributed by atoms with Crippen LogP contribution in [0, 0.1) is 34.0 Å². The van der Waals surface area contributed by atoms with E-state index in [1.807, 2.05) is 26.8 Å². The molecule has 0 unspecified atom stereocenters. The Hall–Kier alpha value is -2.40. The maximum Gasteiger partial charge on any atom is 0.178 e. The molecule has 0 fully saturated rings. The zero-order chi connectivity index (χ0) is 16.3. The zero-order valence-electron chi connectivity index (χ0n) is 13.3. The van der Waals surface area contributed by atoms with Gasteiger partial charge in [0.1, 0.15) is 17.8 Å². The van der Waals surface area contributed by atoms with E-state index in [-0.39, 0.29) is 17.3 Å². The first-order valence-electron chi connectivity index (χ1n) is 7.41. The first-order valence-corrected chi connectivity index (χ1v) is 7.41. The summed E-state index contributed by atoms with van der Waals surface area (Å²) in [6, 6.07) is 4.26. The van der Waals surface area contributed by atoms with Crippen molar-refractivity contribution < 1.29 is 4.79 Å². The lowest BCUT2D eigenvalue weighted by Crippen LogP contribution is -2.51. The third kappa shape index (κ3) is 1.57. The molecule has 5 nitrogen and oxygen atoms in total. The lowest BCUT2D eigenvalue weighted by molar-refractivity contribution is -0.128. The average molecular weight is 294 g/mol. The molecule has 3 rings (SSSR count). The molecule has 0 spiro atoms. The van der Waals surface area contributed by atoms with Gasteiger partial charge in [0.2, 0.25) is 0 Å². The maximum absolute atomic E-state index is 12.5. The van der Waals surface area contributed by atoms with E-state index in [1.54, 1.807) is 17.8 Å². The molecule has 1 aromatic rings. The van der Waals surface area contributed by atoms with Crippen molar-refractivity contribution >= 4 is 5.78 Å². The minimum absolute atomic E-state index is 0.0820. The van der Waals surface area contributed by atoms with Gasteiger partial charge in [0.15, 0.2) is 5.78 Å². The van der Waals surface area contributed by atoms with Crippen LogP contribution in [0.15, 0.2) is 11.6 Å². The van der Waals surface area contributed by atoms with E-state index < -0.39 is 10.8 Å². The van der Waals surface area contributed by atoms with Gasteiger partial charge in [-0.25, -0.2) is 0 Å². The van der Waals surface area contributed by atoms with Gasteiger partial charge < -0.3 is 0 Å². The summed E-state index contributed by atoms with van der Waals surface area (Å²) in [6.45, 7) is 5.87. The second-order valence-electron chi connectivity index (χ2n) is 7.01. The molecule has 112 valence electrons. The molecule has 0 saturated carbocycles. The largest absolute Gasteiger partial charge is 0.293 e. The maximum atomic E-state index is 12.5. The highest BCUT2D eigenvalue weighted by Gasteiger charge is 2.55. The highest BCUT2D eigenvalue weighted by Crippen LogP contribution is 2.54. The minimum Gasteiger partial charge on any atom is -0.293 e. The first-order chi connectivity index (χ1) is 10.3. The topological polar surface area (TPSA) is 82.5 Å². The number of ketones is 1. The van der Waals surface area contributed by atoms with Gasteiger partial charge in [0, 0.05) is 23.4 Å². The van der Waals surface area contributed by atoms with Crippen LogP contribution in [-0.4, -0.2) is 15.6 Å². The van der Waals surface area contributed by atoms with Crippen molar-refractivity contribution in [2.75, 3.05) is 0 Å². The summed E-state index contributed by atoms with van der Waals surface area (Å²) in [5.41, 5.74) is 1.51. The zero-order valence-corrected chi connectivity index (χ0v) is 13.3. The van der Waals surface area contributed by atoms with Crippen LogP contribution >= 0.6 is 0 Å². The van der Waals surface area contributed by atoms with Gasteiger partial charge in [-0.3, -0.25) is 9.48 Å². The molecule has 0 N–H and O–H groups in total. The van der Waals surface area contributed by atoms with E-state index in [1.165, 1.54) is 0 Å². The number of aryl methyl sites for hydroxylation is 1. The number of Topliss-reactive ketones (excluding diaryl/α,β-unsaturated/α-hetero) is 1. The molecule has 2 aliphatic rings. The number of aromatic nitrogens is 2. The summed E-state index contributed by atoms with van der Waals surface area (Å²) in [6.07, 6.45) is 3.34. The normalized spacial score (nSPS) is 28.9. The Balaban J connectivity index is 2.32. The third-order valence-electron chi connectivity index (χ3n) is 5.43. The summed E-state index contributed by atoms with van der Waals surface area (Å²) < 4.78 is 1.61. The average Bonchev–Trinajstić information content (AvgIpc) is 2.80. The molecule has 0 aromatic carbocycles. The third-order valence-corrected chi connectivity index (χ3v) is 5.43. The fraction of sp³-hybridized carbons (Fsp3) is 0.529. The molecule has 2 atom stereocenters. The van der Waals surface area contributed by atoms with Crippen LogP contribution in [0.1, 0.15) is 44.1 Å².